The number of benzene rings is 1. The Labute approximate surface area is 124 Å². The highest BCUT2D eigenvalue weighted by atomic mass is 79.9. The highest BCUT2D eigenvalue weighted by Crippen LogP contribution is 2.24. The molecule has 5 nitrogen and oxygen atoms in total. The Bertz CT molecular complexity index is 650. The lowest BCUT2D eigenvalue weighted by Crippen LogP contribution is -2.27. The number of carboxylic acids is 1. The number of nitrogens with zero attached hydrogens (tertiary/aromatic N) is 1. The maximum Gasteiger partial charge on any atom is 0.303 e. The van der Waals surface area contributed by atoms with Gasteiger partial charge in [-0.3, -0.25) is 9.59 Å². The first-order valence-corrected chi connectivity index (χ1v) is 6.93. The molecule has 0 aliphatic rings. The van der Waals surface area contributed by atoms with Crippen LogP contribution in [0.15, 0.2) is 33.2 Å². The number of carbonyl (C=O) groups is 2. The Hall–Kier alpha value is -1.82. The lowest BCUT2D eigenvalue weighted by Gasteiger charge is -2.14. The second-order valence-electron chi connectivity index (χ2n) is 4.52. The molecule has 6 heteroatoms. The van der Waals surface area contributed by atoms with Crippen LogP contribution in [-0.2, 0) is 4.79 Å². The number of aliphatic carboxylic acids is 1. The number of hydrogen-bond acceptors (Lipinski definition) is 3. The monoisotopic (exact) mass is 339 g/mol. The Balaban J connectivity index is 2.08. The van der Waals surface area contributed by atoms with Crippen LogP contribution in [-0.4, -0.2) is 35.5 Å². The van der Waals surface area contributed by atoms with Gasteiger partial charge in [-0.25, -0.2) is 0 Å². The molecule has 2 rings (SSSR count). The Morgan fingerprint density at radius 3 is 2.80 bits per heavy atom. The van der Waals surface area contributed by atoms with Crippen molar-refractivity contribution in [1.82, 2.24) is 4.90 Å². The third kappa shape index (κ3) is 3.39. The van der Waals surface area contributed by atoms with E-state index in [0.29, 0.717) is 18.5 Å². The Morgan fingerprint density at radius 2 is 2.10 bits per heavy atom. The van der Waals surface area contributed by atoms with Crippen molar-refractivity contribution in [3.63, 3.8) is 0 Å². The quantitative estimate of drug-likeness (QED) is 0.908. The average Bonchev–Trinajstić information content (AvgIpc) is 2.80. The summed E-state index contributed by atoms with van der Waals surface area (Å²) in [5.41, 5.74) is 0.649. The van der Waals surface area contributed by atoms with Gasteiger partial charge < -0.3 is 14.4 Å². The Kier molecular flexibility index (Phi) is 4.44. The van der Waals surface area contributed by atoms with Crippen LogP contribution >= 0.6 is 15.9 Å². The number of carboxylic acid groups (broad SMARTS) is 1. The van der Waals surface area contributed by atoms with Gasteiger partial charge in [-0.1, -0.05) is 15.9 Å². The van der Waals surface area contributed by atoms with Crippen LogP contribution in [0.5, 0.6) is 0 Å². The van der Waals surface area contributed by atoms with E-state index in [-0.39, 0.29) is 18.1 Å². The van der Waals surface area contributed by atoms with E-state index in [1.165, 1.54) is 4.90 Å². The van der Waals surface area contributed by atoms with Crippen molar-refractivity contribution in [3.8, 4) is 0 Å². The van der Waals surface area contributed by atoms with Gasteiger partial charge in [0.05, 0.1) is 0 Å². The fraction of sp³-hybridized carbons (Fsp3) is 0.286. The van der Waals surface area contributed by atoms with Crippen molar-refractivity contribution in [3.05, 3.63) is 34.5 Å². The first kappa shape index (κ1) is 14.6. The molecule has 1 N–H and O–H groups in total. The summed E-state index contributed by atoms with van der Waals surface area (Å²) in [5.74, 6) is -0.849. The van der Waals surface area contributed by atoms with Crippen LogP contribution < -0.4 is 0 Å². The second-order valence-corrected chi connectivity index (χ2v) is 5.43. The lowest BCUT2D eigenvalue weighted by atomic mass is 10.2. The third-order valence-corrected chi connectivity index (χ3v) is 3.41. The fourth-order valence-corrected chi connectivity index (χ4v) is 2.26. The van der Waals surface area contributed by atoms with Crippen LogP contribution in [0.25, 0.3) is 11.0 Å². The van der Waals surface area contributed by atoms with Gasteiger partial charge in [-0.05, 0) is 30.7 Å². The van der Waals surface area contributed by atoms with E-state index in [1.54, 1.807) is 19.2 Å². The van der Waals surface area contributed by atoms with E-state index in [0.717, 1.165) is 9.86 Å². The highest BCUT2D eigenvalue weighted by molar-refractivity contribution is 9.10. The first-order chi connectivity index (χ1) is 9.47. The smallest absolute Gasteiger partial charge is 0.303 e. The number of fused-ring (bicyclic) bond motifs is 1. The minimum atomic E-state index is -0.862. The highest BCUT2D eigenvalue weighted by Gasteiger charge is 2.16. The summed E-state index contributed by atoms with van der Waals surface area (Å²) in [7, 11) is 1.63. The molecule has 0 radical (unpaired) electrons. The van der Waals surface area contributed by atoms with Gasteiger partial charge in [-0.15, -0.1) is 0 Å². The van der Waals surface area contributed by atoms with Gasteiger partial charge in [0, 0.05) is 29.9 Å². The van der Waals surface area contributed by atoms with E-state index in [1.807, 2.05) is 12.1 Å². The Morgan fingerprint density at radius 1 is 1.35 bits per heavy atom. The first-order valence-electron chi connectivity index (χ1n) is 6.14. The van der Waals surface area contributed by atoms with Gasteiger partial charge in [0.1, 0.15) is 5.58 Å². The summed E-state index contributed by atoms with van der Waals surface area (Å²) in [6.45, 7) is 0.381. The van der Waals surface area contributed by atoms with Gasteiger partial charge in [-0.2, -0.15) is 0 Å². The normalized spacial score (nSPS) is 10.7. The number of amides is 1. The molecule has 0 atom stereocenters. The van der Waals surface area contributed by atoms with Crippen molar-refractivity contribution in [2.75, 3.05) is 13.6 Å². The molecular formula is C14H14BrNO4. The van der Waals surface area contributed by atoms with E-state index in [4.69, 9.17) is 9.52 Å². The molecule has 1 aromatic heterocycles. The van der Waals surface area contributed by atoms with Crippen LogP contribution in [0, 0.1) is 0 Å². The van der Waals surface area contributed by atoms with Gasteiger partial charge in [0.25, 0.3) is 5.91 Å². The maximum absolute atomic E-state index is 12.1. The standard InChI is InChI=1S/C14H14BrNO4/c1-16(6-2-3-13(17)18)14(19)12-8-9-7-10(15)4-5-11(9)20-12/h4-5,7-8H,2-3,6H2,1H3,(H,17,18). The third-order valence-electron chi connectivity index (χ3n) is 2.92. The van der Waals surface area contributed by atoms with Crippen LogP contribution in [0.3, 0.4) is 0 Å². The number of furan rings is 1. The summed E-state index contributed by atoms with van der Waals surface area (Å²) in [5, 5.41) is 9.43. The maximum atomic E-state index is 12.1. The summed E-state index contributed by atoms with van der Waals surface area (Å²) in [6.07, 6.45) is 0.466. The van der Waals surface area contributed by atoms with E-state index < -0.39 is 5.97 Å². The second kappa shape index (κ2) is 6.09. The molecule has 1 heterocycles. The summed E-state index contributed by atoms with van der Waals surface area (Å²) in [6, 6.07) is 7.20. The molecular weight excluding hydrogens is 326 g/mol. The summed E-state index contributed by atoms with van der Waals surface area (Å²) >= 11 is 3.36. The lowest BCUT2D eigenvalue weighted by molar-refractivity contribution is -0.137. The minimum absolute atomic E-state index is 0.0463. The van der Waals surface area contributed by atoms with Crippen molar-refractivity contribution in [2.24, 2.45) is 0 Å². The molecule has 0 aliphatic carbocycles. The molecule has 0 bridgehead atoms. The van der Waals surface area contributed by atoms with Crippen LogP contribution in [0.2, 0.25) is 0 Å². The zero-order valence-corrected chi connectivity index (χ0v) is 12.5. The van der Waals surface area contributed by atoms with Gasteiger partial charge in [0.15, 0.2) is 5.76 Å². The van der Waals surface area contributed by atoms with Crippen LogP contribution in [0.1, 0.15) is 23.4 Å². The number of halogens is 1. The molecule has 0 fully saturated rings. The largest absolute Gasteiger partial charge is 0.481 e. The van der Waals surface area contributed by atoms with Crippen molar-refractivity contribution in [2.45, 2.75) is 12.8 Å². The molecule has 2 aromatic rings. The zero-order chi connectivity index (χ0) is 14.7. The molecule has 0 unspecified atom stereocenters. The predicted molar refractivity (Wildman–Crippen MR) is 77.7 cm³/mol. The van der Waals surface area contributed by atoms with E-state index >= 15 is 0 Å². The summed E-state index contributed by atoms with van der Waals surface area (Å²) in [4.78, 5) is 24.1. The van der Waals surface area contributed by atoms with Gasteiger partial charge >= 0.3 is 5.97 Å². The molecule has 20 heavy (non-hydrogen) atoms. The molecule has 106 valence electrons. The van der Waals surface area contributed by atoms with Crippen molar-refractivity contribution >= 4 is 38.8 Å². The fourth-order valence-electron chi connectivity index (χ4n) is 1.88. The summed E-state index contributed by atoms with van der Waals surface area (Å²) < 4.78 is 6.42. The molecule has 0 saturated heterocycles. The van der Waals surface area contributed by atoms with Gasteiger partial charge in [0.2, 0.25) is 0 Å². The van der Waals surface area contributed by atoms with Crippen LogP contribution in [0.4, 0.5) is 0 Å². The molecule has 0 spiro atoms. The average molecular weight is 340 g/mol. The molecule has 1 amide bonds. The van der Waals surface area contributed by atoms with Crippen molar-refractivity contribution < 1.29 is 19.1 Å². The molecule has 1 aromatic carbocycles. The number of rotatable bonds is 5. The molecule has 0 aliphatic heterocycles. The molecule has 0 saturated carbocycles. The predicted octanol–water partition coefficient (Wildman–Crippen LogP) is 3.13. The number of hydrogen-bond donors (Lipinski definition) is 1. The SMILES string of the molecule is CN(CCCC(=O)O)C(=O)c1cc2cc(Br)ccc2o1. The topological polar surface area (TPSA) is 70.8 Å². The zero-order valence-electron chi connectivity index (χ0n) is 10.9. The van der Waals surface area contributed by atoms with E-state index in [2.05, 4.69) is 15.9 Å². The van der Waals surface area contributed by atoms with Crippen molar-refractivity contribution in [1.29, 1.82) is 0 Å². The van der Waals surface area contributed by atoms with E-state index in [9.17, 15) is 9.59 Å². The number of carbonyl (C=O) groups excluding carboxylic acids is 1. The minimum Gasteiger partial charge on any atom is -0.481 e.